The van der Waals surface area contributed by atoms with Crippen LogP contribution in [0.25, 0.3) is 16.9 Å². The molecule has 0 spiro atoms. The molecule has 0 fully saturated rings. The summed E-state index contributed by atoms with van der Waals surface area (Å²) in [6, 6.07) is 9.52. The number of hydrogen-bond acceptors (Lipinski definition) is 3. The summed E-state index contributed by atoms with van der Waals surface area (Å²) in [5.41, 5.74) is 3.77. The minimum Gasteiger partial charge on any atom is -0.493 e. The summed E-state index contributed by atoms with van der Waals surface area (Å²) in [5, 5.41) is 9.34. The van der Waals surface area contributed by atoms with E-state index in [4.69, 9.17) is 9.72 Å². The number of aromatic nitrogens is 2. The van der Waals surface area contributed by atoms with Crippen molar-refractivity contribution in [2.75, 3.05) is 6.61 Å². The van der Waals surface area contributed by atoms with Gasteiger partial charge in [0.1, 0.15) is 5.75 Å². The van der Waals surface area contributed by atoms with Crippen LogP contribution in [0.4, 0.5) is 0 Å². The van der Waals surface area contributed by atoms with E-state index in [0.717, 1.165) is 15.6 Å². The number of halogens is 1. The minimum absolute atomic E-state index is 0.118. The smallest absolute Gasteiger partial charge is 0.309 e. The predicted octanol–water partition coefficient (Wildman–Crippen LogP) is 4.10. The summed E-state index contributed by atoms with van der Waals surface area (Å²) in [6.45, 7) is 4.41. The van der Waals surface area contributed by atoms with Gasteiger partial charge in [-0.2, -0.15) is 0 Å². The topological polar surface area (TPSA) is 63.8 Å². The van der Waals surface area contributed by atoms with Gasteiger partial charge in [-0.25, -0.2) is 4.98 Å². The van der Waals surface area contributed by atoms with E-state index in [0.29, 0.717) is 29.4 Å². The molecule has 2 aromatic heterocycles. The van der Waals surface area contributed by atoms with E-state index in [2.05, 4.69) is 15.9 Å². The van der Waals surface area contributed by atoms with E-state index < -0.39 is 5.97 Å². The number of carboxylic acid groups (broad SMARTS) is 1. The molecule has 0 aliphatic heterocycles. The van der Waals surface area contributed by atoms with Crippen molar-refractivity contribution >= 4 is 27.5 Å². The van der Waals surface area contributed by atoms with Gasteiger partial charge in [-0.1, -0.05) is 12.1 Å². The number of carboxylic acids is 1. The molecule has 0 bridgehead atoms. The normalized spacial score (nSPS) is 11.0. The molecule has 0 amide bonds. The van der Waals surface area contributed by atoms with Crippen LogP contribution in [0.1, 0.15) is 18.2 Å². The highest BCUT2D eigenvalue weighted by Gasteiger charge is 2.20. The van der Waals surface area contributed by atoms with E-state index >= 15 is 0 Å². The Morgan fingerprint density at radius 1 is 1.38 bits per heavy atom. The fraction of sp³-hybridized carbons (Fsp3) is 0.222. The van der Waals surface area contributed by atoms with Crippen molar-refractivity contribution in [3.05, 3.63) is 52.3 Å². The fourth-order valence-corrected chi connectivity index (χ4v) is 3.39. The SMILES string of the molecule is CCOc1ccccc1-c1nc2c(Br)cc(C)cn2c1CC(=O)O. The lowest BCUT2D eigenvalue weighted by Crippen LogP contribution is -2.05. The maximum absolute atomic E-state index is 11.4. The monoisotopic (exact) mass is 388 g/mol. The molecule has 2 heterocycles. The summed E-state index contributed by atoms with van der Waals surface area (Å²) in [4.78, 5) is 16.1. The van der Waals surface area contributed by atoms with Gasteiger partial charge in [-0.05, 0) is 53.5 Å². The lowest BCUT2D eigenvalue weighted by atomic mass is 10.1. The van der Waals surface area contributed by atoms with Crippen LogP contribution in [0.3, 0.4) is 0 Å². The van der Waals surface area contributed by atoms with Gasteiger partial charge >= 0.3 is 5.97 Å². The third-order valence-corrected chi connectivity index (χ3v) is 4.26. The first kappa shape index (κ1) is 16.5. The third-order valence-electron chi connectivity index (χ3n) is 3.67. The highest BCUT2D eigenvalue weighted by atomic mass is 79.9. The summed E-state index contributed by atoms with van der Waals surface area (Å²) < 4.78 is 8.36. The zero-order valence-electron chi connectivity index (χ0n) is 13.4. The second kappa shape index (κ2) is 6.65. The molecule has 6 heteroatoms. The molecular formula is C18H17BrN2O3. The number of benzene rings is 1. The Balaban J connectivity index is 2.31. The lowest BCUT2D eigenvalue weighted by Gasteiger charge is -2.09. The number of carbonyl (C=O) groups is 1. The van der Waals surface area contributed by atoms with Crippen LogP contribution in [-0.4, -0.2) is 27.1 Å². The summed E-state index contributed by atoms with van der Waals surface area (Å²) in [5.74, 6) is -0.201. The van der Waals surface area contributed by atoms with Gasteiger partial charge in [0.25, 0.3) is 0 Å². The van der Waals surface area contributed by atoms with Crippen molar-refractivity contribution in [3.63, 3.8) is 0 Å². The van der Waals surface area contributed by atoms with Crippen LogP contribution < -0.4 is 4.74 Å². The second-order valence-electron chi connectivity index (χ2n) is 5.47. The van der Waals surface area contributed by atoms with Crippen molar-refractivity contribution < 1.29 is 14.6 Å². The lowest BCUT2D eigenvalue weighted by molar-refractivity contribution is -0.136. The van der Waals surface area contributed by atoms with Gasteiger partial charge in [0, 0.05) is 11.8 Å². The summed E-state index contributed by atoms with van der Waals surface area (Å²) in [6.07, 6.45) is 1.78. The molecule has 0 saturated heterocycles. The Morgan fingerprint density at radius 3 is 2.83 bits per heavy atom. The number of nitrogens with zero attached hydrogens (tertiary/aromatic N) is 2. The molecule has 24 heavy (non-hydrogen) atoms. The maximum atomic E-state index is 11.4. The van der Waals surface area contributed by atoms with Gasteiger partial charge in [0.2, 0.25) is 0 Å². The molecular weight excluding hydrogens is 372 g/mol. The van der Waals surface area contributed by atoms with E-state index in [1.807, 2.05) is 54.8 Å². The van der Waals surface area contributed by atoms with E-state index in [1.165, 1.54) is 0 Å². The Hall–Kier alpha value is -2.34. The molecule has 1 N–H and O–H groups in total. The van der Waals surface area contributed by atoms with Gasteiger partial charge < -0.3 is 14.2 Å². The average Bonchev–Trinajstić information content (AvgIpc) is 2.86. The zero-order valence-corrected chi connectivity index (χ0v) is 15.0. The molecule has 3 aromatic rings. The quantitative estimate of drug-likeness (QED) is 0.714. The van der Waals surface area contributed by atoms with Crippen molar-refractivity contribution in [3.8, 4) is 17.0 Å². The van der Waals surface area contributed by atoms with Crippen LogP contribution in [0.5, 0.6) is 5.75 Å². The molecule has 3 rings (SSSR count). The first-order chi connectivity index (χ1) is 11.5. The molecule has 124 valence electrons. The molecule has 0 unspecified atom stereocenters. The Morgan fingerprint density at radius 2 is 2.12 bits per heavy atom. The van der Waals surface area contributed by atoms with Gasteiger partial charge in [0.05, 0.1) is 28.9 Å². The standard InChI is InChI=1S/C18H17BrN2O3/c1-3-24-15-7-5-4-6-12(15)17-14(9-16(22)23)21-10-11(2)8-13(19)18(21)20-17/h4-8,10H,3,9H2,1-2H3,(H,22,23). The maximum Gasteiger partial charge on any atom is 0.309 e. The minimum atomic E-state index is -0.899. The second-order valence-corrected chi connectivity index (χ2v) is 6.32. The number of pyridine rings is 1. The highest BCUT2D eigenvalue weighted by Crippen LogP contribution is 2.34. The van der Waals surface area contributed by atoms with Gasteiger partial charge in [-0.15, -0.1) is 0 Å². The number of aliphatic carboxylic acids is 1. The summed E-state index contributed by atoms with van der Waals surface area (Å²) >= 11 is 3.52. The largest absolute Gasteiger partial charge is 0.493 e. The van der Waals surface area contributed by atoms with Crippen molar-refractivity contribution in [2.45, 2.75) is 20.3 Å². The van der Waals surface area contributed by atoms with Crippen LogP contribution in [0, 0.1) is 6.92 Å². The fourth-order valence-electron chi connectivity index (χ4n) is 2.75. The first-order valence-corrected chi connectivity index (χ1v) is 8.41. The predicted molar refractivity (Wildman–Crippen MR) is 95.6 cm³/mol. The van der Waals surface area contributed by atoms with Crippen molar-refractivity contribution in [1.29, 1.82) is 0 Å². The van der Waals surface area contributed by atoms with E-state index in [1.54, 1.807) is 0 Å². The number of imidazole rings is 1. The Labute approximate surface area is 148 Å². The van der Waals surface area contributed by atoms with Crippen molar-refractivity contribution in [1.82, 2.24) is 9.38 Å². The number of rotatable bonds is 5. The van der Waals surface area contributed by atoms with Crippen LogP contribution in [0.15, 0.2) is 41.0 Å². The molecule has 0 aliphatic carbocycles. The Kier molecular flexibility index (Phi) is 4.57. The van der Waals surface area contributed by atoms with E-state index in [9.17, 15) is 9.90 Å². The highest BCUT2D eigenvalue weighted by molar-refractivity contribution is 9.10. The van der Waals surface area contributed by atoms with Gasteiger partial charge in [0.15, 0.2) is 5.65 Å². The van der Waals surface area contributed by atoms with Crippen LogP contribution in [0.2, 0.25) is 0 Å². The van der Waals surface area contributed by atoms with Crippen LogP contribution in [-0.2, 0) is 11.2 Å². The number of fused-ring (bicyclic) bond motifs is 1. The molecule has 0 aliphatic rings. The first-order valence-electron chi connectivity index (χ1n) is 7.62. The number of para-hydroxylation sites is 1. The number of hydrogen-bond donors (Lipinski definition) is 1. The zero-order chi connectivity index (χ0) is 17.3. The molecule has 0 radical (unpaired) electrons. The summed E-state index contributed by atoms with van der Waals surface area (Å²) in [7, 11) is 0. The van der Waals surface area contributed by atoms with E-state index in [-0.39, 0.29) is 6.42 Å². The average molecular weight is 389 g/mol. The van der Waals surface area contributed by atoms with Crippen molar-refractivity contribution in [2.24, 2.45) is 0 Å². The molecule has 0 saturated carbocycles. The Bertz CT molecular complexity index is 918. The van der Waals surface area contributed by atoms with Gasteiger partial charge in [-0.3, -0.25) is 4.79 Å². The third kappa shape index (κ3) is 3.01. The molecule has 1 aromatic carbocycles. The number of ether oxygens (including phenoxy) is 1. The van der Waals surface area contributed by atoms with Crippen LogP contribution >= 0.6 is 15.9 Å². The number of aryl methyl sites for hydroxylation is 1. The molecule has 5 nitrogen and oxygen atoms in total. The molecule has 0 atom stereocenters.